The van der Waals surface area contributed by atoms with Crippen molar-refractivity contribution >= 4 is 5.69 Å². The van der Waals surface area contributed by atoms with E-state index in [0.717, 1.165) is 43.0 Å². The molecule has 5 heteroatoms. The molecule has 1 aliphatic heterocycles. The average molecular weight is 298 g/mol. The van der Waals surface area contributed by atoms with Gasteiger partial charge in [-0.1, -0.05) is 30.3 Å². The zero-order valence-corrected chi connectivity index (χ0v) is 12.3. The first kappa shape index (κ1) is 14.7. The lowest BCUT2D eigenvalue weighted by Gasteiger charge is -2.26. The Labute approximate surface area is 129 Å². The second-order valence-electron chi connectivity index (χ2n) is 5.40. The largest absolute Gasteiger partial charge is 0.379 e. The molecule has 1 heterocycles. The lowest BCUT2D eigenvalue weighted by Crippen LogP contribution is -2.35. The van der Waals surface area contributed by atoms with Gasteiger partial charge in [0.05, 0.1) is 18.1 Å². The first-order valence-electron chi connectivity index (χ1n) is 7.36. The number of nitrogens with zero attached hydrogens (tertiary/aromatic N) is 2. The topological polar surface area (TPSA) is 55.6 Å². The van der Waals surface area contributed by atoms with Crippen molar-refractivity contribution < 1.29 is 9.66 Å². The van der Waals surface area contributed by atoms with Gasteiger partial charge >= 0.3 is 0 Å². The highest BCUT2D eigenvalue weighted by molar-refractivity contribution is 5.67. The molecule has 2 aromatic carbocycles. The quantitative estimate of drug-likeness (QED) is 0.643. The Bertz CT molecular complexity index is 652. The second kappa shape index (κ2) is 6.68. The Hall–Kier alpha value is -2.24. The fraction of sp³-hybridized carbons (Fsp3) is 0.294. The van der Waals surface area contributed by atoms with Crippen LogP contribution in [0.15, 0.2) is 48.5 Å². The smallest absolute Gasteiger partial charge is 0.270 e. The van der Waals surface area contributed by atoms with Gasteiger partial charge in [0, 0.05) is 31.8 Å². The van der Waals surface area contributed by atoms with Crippen LogP contribution in [0.4, 0.5) is 5.69 Å². The zero-order valence-electron chi connectivity index (χ0n) is 12.3. The van der Waals surface area contributed by atoms with Crippen molar-refractivity contribution in [2.75, 3.05) is 26.3 Å². The van der Waals surface area contributed by atoms with Crippen LogP contribution >= 0.6 is 0 Å². The molecule has 0 bridgehead atoms. The van der Waals surface area contributed by atoms with Crippen LogP contribution in [0, 0.1) is 10.1 Å². The predicted molar refractivity (Wildman–Crippen MR) is 84.6 cm³/mol. The normalized spacial score (nSPS) is 15.6. The fourth-order valence-corrected chi connectivity index (χ4v) is 2.69. The van der Waals surface area contributed by atoms with Crippen LogP contribution < -0.4 is 0 Å². The van der Waals surface area contributed by atoms with Gasteiger partial charge in [0.15, 0.2) is 0 Å². The summed E-state index contributed by atoms with van der Waals surface area (Å²) in [6, 6.07) is 15.1. The second-order valence-corrected chi connectivity index (χ2v) is 5.40. The number of hydrogen-bond donors (Lipinski definition) is 0. The van der Waals surface area contributed by atoms with Crippen molar-refractivity contribution in [1.82, 2.24) is 4.90 Å². The molecule has 0 N–H and O–H groups in total. The Morgan fingerprint density at radius 1 is 1.05 bits per heavy atom. The summed E-state index contributed by atoms with van der Waals surface area (Å²) in [5, 5.41) is 11.2. The molecule has 1 saturated heterocycles. The standard InChI is InChI=1S/C17H18N2O3/c20-19(21)17-11-14(13-18-6-8-22-9-7-18)10-16(12-17)15-4-2-1-3-5-15/h1-5,10-12H,6-9,13H2. The molecule has 1 aliphatic rings. The fourth-order valence-electron chi connectivity index (χ4n) is 2.69. The molecular formula is C17H18N2O3. The van der Waals surface area contributed by atoms with E-state index in [1.807, 2.05) is 36.4 Å². The van der Waals surface area contributed by atoms with E-state index in [0.29, 0.717) is 6.54 Å². The van der Waals surface area contributed by atoms with Gasteiger partial charge < -0.3 is 4.74 Å². The summed E-state index contributed by atoms with van der Waals surface area (Å²) in [5.41, 5.74) is 2.99. The minimum atomic E-state index is -0.324. The van der Waals surface area contributed by atoms with E-state index in [1.165, 1.54) is 0 Å². The molecule has 0 radical (unpaired) electrons. The van der Waals surface area contributed by atoms with Crippen LogP contribution in [0.2, 0.25) is 0 Å². The molecular weight excluding hydrogens is 280 g/mol. The average Bonchev–Trinajstić information content (AvgIpc) is 2.56. The molecule has 0 aromatic heterocycles. The molecule has 0 aliphatic carbocycles. The van der Waals surface area contributed by atoms with E-state index in [9.17, 15) is 10.1 Å². The van der Waals surface area contributed by atoms with Crippen LogP contribution in [-0.4, -0.2) is 36.1 Å². The number of hydrogen-bond acceptors (Lipinski definition) is 4. The van der Waals surface area contributed by atoms with Gasteiger partial charge in [0.1, 0.15) is 0 Å². The lowest BCUT2D eigenvalue weighted by atomic mass is 10.0. The van der Waals surface area contributed by atoms with Gasteiger partial charge in [0.25, 0.3) is 5.69 Å². The Morgan fingerprint density at radius 3 is 2.45 bits per heavy atom. The molecule has 0 atom stereocenters. The molecule has 2 aromatic rings. The lowest BCUT2D eigenvalue weighted by molar-refractivity contribution is -0.384. The summed E-state index contributed by atoms with van der Waals surface area (Å²) in [6.45, 7) is 3.89. The van der Waals surface area contributed by atoms with Crippen LogP contribution in [0.3, 0.4) is 0 Å². The number of rotatable bonds is 4. The van der Waals surface area contributed by atoms with E-state index in [2.05, 4.69) is 4.90 Å². The van der Waals surface area contributed by atoms with Crippen molar-refractivity contribution in [3.8, 4) is 11.1 Å². The minimum Gasteiger partial charge on any atom is -0.379 e. The molecule has 1 fully saturated rings. The van der Waals surface area contributed by atoms with Gasteiger partial charge in [-0.15, -0.1) is 0 Å². The molecule has 0 spiro atoms. The van der Waals surface area contributed by atoms with E-state index in [1.54, 1.807) is 12.1 Å². The highest BCUT2D eigenvalue weighted by Crippen LogP contribution is 2.26. The summed E-state index contributed by atoms with van der Waals surface area (Å²) < 4.78 is 5.34. The summed E-state index contributed by atoms with van der Waals surface area (Å²) >= 11 is 0. The number of morpholine rings is 1. The first-order valence-corrected chi connectivity index (χ1v) is 7.36. The maximum atomic E-state index is 11.2. The third-order valence-corrected chi connectivity index (χ3v) is 3.81. The molecule has 0 unspecified atom stereocenters. The van der Waals surface area contributed by atoms with Crippen LogP contribution in [0.25, 0.3) is 11.1 Å². The number of nitro groups is 1. The van der Waals surface area contributed by atoms with E-state index < -0.39 is 0 Å². The molecule has 5 nitrogen and oxygen atoms in total. The minimum absolute atomic E-state index is 0.143. The number of benzene rings is 2. The predicted octanol–water partition coefficient (Wildman–Crippen LogP) is 3.09. The van der Waals surface area contributed by atoms with Crippen LogP contribution in [0.5, 0.6) is 0 Å². The van der Waals surface area contributed by atoms with Crippen molar-refractivity contribution in [3.63, 3.8) is 0 Å². The van der Waals surface area contributed by atoms with Gasteiger partial charge in [-0.2, -0.15) is 0 Å². The first-order chi connectivity index (χ1) is 10.7. The Morgan fingerprint density at radius 2 is 1.77 bits per heavy atom. The molecule has 3 rings (SSSR count). The van der Waals surface area contributed by atoms with E-state index in [-0.39, 0.29) is 10.6 Å². The molecule has 0 saturated carbocycles. The van der Waals surface area contributed by atoms with E-state index >= 15 is 0 Å². The van der Waals surface area contributed by atoms with Crippen molar-refractivity contribution in [2.45, 2.75) is 6.54 Å². The summed E-state index contributed by atoms with van der Waals surface area (Å²) in [6.07, 6.45) is 0. The van der Waals surface area contributed by atoms with Crippen molar-refractivity contribution in [1.29, 1.82) is 0 Å². The third kappa shape index (κ3) is 3.50. The van der Waals surface area contributed by atoms with Crippen LogP contribution in [-0.2, 0) is 11.3 Å². The van der Waals surface area contributed by atoms with Gasteiger partial charge in [-0.25, -0.2) is 0 Å². The van der Waals surface area contributed by atoms with E-state index in [4.69, 9.17) is 4.74 Å². The number of ether oxygens (including phenoxy) is 1. The zero-order chi connectivity index (χ0) is 15.4. The third-order valence-electron chi connectivity index (χ3n) is 3.81. The maximum Gasteiger partial charge on any atom is 0.270 e. The molecule has 0 amide bonds. The van der Waals surface area contributed by atoms with Crippen LogP contribution in [0.1, 0.15) is 5.56 Å². The monoisotopic (exact) mass is 298 g/mol. The van der Waals surface area contributed by atoms with Gasteiger partial charge in [-0.3, -0.25) is 15.0 Å². The van der Waals surface area contributed by atoms with Gasteiger partial charge in [0.2, 0.25) is 0 Å². The van der Waals surface area contributed by atoms with Gasteiger partial charge in [-0.05, 0) is 22.8 Å². The number of nitro benzene ring substituents is 1. The summed E-state index contributed by atoms with van der Waals surface area (Å²) in [4.78, 5) is 13.1. The Kier molecular flexibility index (Phi) is 4.46. The maximum absolute atomic E-state index is 11.2. The summed E-state index contributed by atoms with van der Waals surface area (Å²) in [5.74, 6) is 0. The number of non-ortho nitro benzene ring substituents is 1. The molecule has 22 heavy (non-hydrogen) atoms. The molecule has 114 valence electrons. The van der Waals surface area contributed by atoms with Crippen molar-refractivity contribution in [3.05, 3.63) is 64.2 Å². The van der Waals surface area contributed by atoms with Crippen molar-refractivity contribution in [2.24, 2.45) is 0 Å². The highest BCUT2D eigenvalue weighted by atomic mass is 16.6. The highest BCUT2D eigenvalue weighted by Gasteiger charge is 2.15. The Balaban J connectivity index is 1.91. The summed E-state index contributed by atoms with van der Waals surface area (Å²) in [7, 11) is 0. The SMILES string of the molecule is O=[N+]([O-])c1cc(CN2CCOCC2)cc(-c2ccccc2)c1.